The van der Waals surface area contributed by atoms with Crippen LogP contribution in [-0.4, -0.2) is 24.0 Å². The van der Waals surface area contributed by atoms with Gasteiger partial charge in [0.1, 0.15) is 0 Å². The Bertz CT molecular complexity index is 752. The molecular weight excluding hydrogens is 436 g/mol. The SMILES string of the molecule is CCCCCc1ccc(OC(=O)C2CCC(C(F)(F)C(F)(F)C(F)(F)F)CC2)c(F)c1. The number of hydrogen-bond donors (Lipinski definition) is 0. The molecule has 10 heteroatoms. The second-order valence-electron chi connectivity index (χ2n) is 7.89. The molecule has 0 radical (unpaired) electrons. The van der Waals surface area contributed by atoms with Gasteiger partial charge in [0.2, 0.25) is 0 Å². The van der Waals surface area contributed by atoms with Crippen LogP contribution in [0.2, 0.25) is 0 Å². The van der Waals surface area contributed by atoms with Gasteiger partial charge in [-0.1, -0.05) is 25.8 Å². The van der Waals surface area contributed by atoms with E-state index in [0.717, 1.165) is 24.8 Å². The molecule has 0 aliphatic heterocycles. The van der Waals surface area contributed by atoms with Crippen molar-refractivity contribution in [1.82, 2.24) is 0 Å². The molecule has 2 nitrogen and oxygen atoms in total. The van der Waals surface area contributed by atoms with Crippen LogP contribution < -0.4 is 4.74 Å². The van der Waals surface area contributed by atoms with Crippen molar-refractivity contribution in [2.75, 3.05) is 0 Å². The summed E-state index contributed by atoms with van der Waals surface area (Å²) in [5.74, 6) is -16.7. The van der Waals surface area contributed by atoms with Crippen molar-refractivity contribution in [2.24, 2.45) is 11.8 Å². The Morgan fingerprint density at radius 3 is 2.13 bits per heavy atom. The lowest BCUT2D eigenvalue weighted by Gasteiger charge is -2.37. The van der Waals surface area contributed by atoms with E-state index in [2.05, 4.69) is 0 Å². The molecule has 31 heavy (non-hydrogen) atoms. The van der Waals surface area contributed by atoms with Crippen molar-refractivity contribution in [2.45, 2.75) is 76.3 Å². The van der Waals surface area contributed by atoms with E-state index in [0.29, 0.717) is 6.42 Å². The van der Waals surface area contributed by atoms with E-state index < -0.39 is 54.5 Å². The fourth-order valence-electron chi connectivity index (χ4n) is 3.69. The summed E-state index contributed by atoms with van der Waals surface area (Å²) in [7, 11) is 0. The standard InChI is InChI=1S/C21H24F8O2/c1-2-3-4-5-13-6-11-17(16(22)12-13)31-18(30)14-7-9-15(10-8-14)19(23,24)20(25,26)21(27,28)29/h6,11-12,14-15H,2-5,7-10H2,1H3. The Labute approximate surface area is 174 Å². The molecule has 1 aromatic carbocycles. The minimum Gasteiger partial charge on any atom is -0.423 e. The zero-order valence-electron chi connectivity index (χ0n) is 16.9. The quantitative estimate of drug-likeness (QED) is 0.179. The van der Waals surface area contributed by atoms with Crippen molar-refractivity contribution in [1.29, 1.82) is 0 Å². The van der Waals surface area contributed by atoms with Crippen molar-refractivity contribution in [3.8, 4) is 5.75 Å². The van der Waals surface area contributed by atoms with Crippen LogP contribution in [0, 0.1) is 17.7 Å². The molecule has 1 fully saturated rings. The molecule has 0 unspecified atom stereocenters. The topological polar surface area (TPSA) is 26.3 Å². The average molecular weight is 460 g/mol. The third kappa shape index (κ3) is 5.68. The Morgan fingerprint density at radius 2 is 1.61 bits per heavy atom. The lowest BCUT2D eigenvalue weighted by Crippen LogP contribution is -2.56. The molecule has 1 saturated carbocycles. The fraction of sp³-hybridized carbons (Fsp3) is 0.667. The van der Waals surface area contributed by atoms with Crippen LogP contribution in [0.5, 0.6) is 5.75 Å². The predicted molar refractivity (Wildman–Crippen MR) is 96.7 cm³/mol. The minimum absolute atomic E-state index is 0.347. The van der Waals surface area contributed by atoms with Crippen LogP contribution in [0.15, 0.2) is 18.2 Å². The monoisotopic (exact) mass is 460 g/mol. The van der Waals surface area contributed by atoms with Crippen LogP contribution in [0.3, 0.4) is 0 Å². The number of esters is 1. The highest BCUT2D eigenvalue weighted by Gasteiger charge is 2.74. The first-order valence-electron chi connectivity index (χ1n) is 10.1. The van der Waals surface area contributed by atoms with Crippen LogP contribution in [0.25, 0.3) is 0 Å². The second kappa shape index (κ2) is 9.73. The summed E-state index contributed by atoms with van der Waals surface area (Å²) in [5.41, 5.74) is 0.721. The number of rotatable bonds is 8. The van der Waals surface area contributed by atoms with Crippen LogP contribution >= 0.6 is 0 Å². The van der Waals surface area contributed by atoms with Crippen molar-refractivity contribution in [3.63, 3.8) is 0 Å². The molecule has 0 N–H and O–H groups in total. The van der Waals surface area contributed by atoms with Crippen molar-refractivity contribution >= 4 is 5.97 Å². The van der Waals surface area contributed by atoms with E-state index in [-0.39, 0.29) is 18.6 Å². The summed E-state index contributed by atoms with van der Waals surface area (Å²) in [5, 5.41) is 0. The summed E-state index contributed by atoms with van der Waals surface area (Å²) in [4.78, 5) is 12.2. The molecule has 1 aliphatic carbocycles. The third-order valence-electron chi connectivity index (χ3n) is 5.62. The Balaban J connectivity index is 1.95. The first kappa shape index (κ1) is 25.4. The summed E-state index contributed by atoms with van der Waals surface area (Å²) in [6, 6.07) is 4.10. The van der Waals surface area contributed by atoms with E-state index in [1.165, 1.54) is 12.1 Å². The largest absolute Gasteiger partial charge is 0.459 e. The fourth-order valence-corrected chi connectivity index (χ4v) is 3.69. The molecule has 0 bridgehead atoms. The molecule has 2 rings (SSSR count). The Kier molecular flexibility index (Phi) is 7.97. The number of aryl methyl sites for hydroxylation is 1. The van der Waals surface area contributed by atoms with Gasteiger partial charge in [0.05, 0.1) is 5.92 Å². The highest BCUT2D eigenvalue weighted by atomic mass is 19.4. The van der Waals surface area contributed by atoms with Gasteiger partial charge in [0, 0.05) is 5.92 Å². The van der Waals surface area contributed by atoms with Crippen LogP contribution in [0.4, 0.5) is 35.1 Å². The van der Waals surface area contributed by atoms with E-state index in [1.807, 2.05) is 6.92 Å². The van der Waals surface area contributed by atoms with E-state index in [4.69, 9.17) is 4.74 Å². The normalized spacial score (nSPS) is 20.5. The number of halogens is 8. The summed E-state index contributed by atoms with van der Waals surface area (Å²) < 4.78 is 110. The Morgan fingerprint density at radius 1 is 1.00 bits per heavy atom. The van der Waals surface area contributed by atoms with Gasteiger partial charge in [-0.15, -0.1) is 0 Å². The molecule has 1 aromatic rings. The van der Waals surface area contributed by atoms with Gasteiger partial charge in [-0.25, -0.2) is 4.39 Å². The first-order valence-corrected chi connectivity index (χ1v) is 10.1. The maximum Gasteiger partial charge on any atom is 0.459 e. The third-order valence-corrected chi connectivity index (χ3v) is 5.62. The number of hydrogen-bond acceptors (Lipinski definition) is 2. The molecule has 0 amide bonds. The maximum absolute atomic E-state index is 14.2. The van der Waals surface area contributed by atoms with E-state index in [1.54, 1.807) is 6.07 Å². The molecular formula is C21H24F8O2. The number of ether oxygens (including phenoxy) is 1. The number of carbonyl (C=O) groups excluding carboxylic acids is 1. The van der Waals surface area contributed by atoms with Crippen LogP contribution in [-0.2, 0) is 11.2 Å². The number of benzene rings is 1. The number of carbonyl (C=O) groups is 1. The summed E-state index contributed by atoms with van der Waals surface area (Å²) in [6.07, 6.45) is -5.01. The average Bonchev–Trinajstić information content (AvgIpc) is 2.69. The van der Waals surface area contributed by atoms with Gasteiger partial charge in [0.25, 0.3) is 0 Å². The smallest absolute Gasteiger partial charge is 0.423 e. The van der Waals surface area contributed by atoms with Gasteiger partial charge in [-0.05, 0) is 56.2 Å². The highest BCUT2D eigenvalue weighted by molar-refractivity contribution is 5.75. The zero-order chi connectivity index (χ0) is 23.4. The van der Waals surface area contributed by atoms with Gasteiger partial charge in [-0.2, -0.15) is 30.7 Å². The lowest BCUT2D eigenvalue weighted by molar-refractivity contribution is -0.367. The summed E-state index contributed by atoms with van der Waals surface area (Å²) >= 11 is 0. The molecule has 0 saturated heterocycles. The van der Waals surface area contributed by atoms with Crippen molar-refractivity contribution in [3.05, 3.63) is 29.6 Å². The molecule has 176 valence electrons. The predicted octanol–water partition coefficient (Wildman–Crippen LogP) is 7.10. The van der Waals surface area contributed by atoms with E-state index >= 15 is 0 Å². The van der Waals surface area contributed by atoms with Crippen molar-refractivity contribution < 1.29 is 44.7 Å². The molecule has 0 heterocycles. The van der Waals surface area contributed by atoms with Gasteiger partial charge in [0.15, 0.2) is 11.6 Å². The van der Waals surface area contributed by atoms with Gasteiger partial charge in [-0.3, -0.25) is 4.79 Å². The van der Waals surface area contributed by atoms with Gasteiger partial charge >= 0.3 is 24.0 Å². The summed E-state index contributed by atoms with van der Waals surface area (Å²) in [6.45, 7) is 2.03. The number of unbranched alkanes of at least 4 members (excludes halogenated alkanes) is 2. The highest BCUT2D eigenvalue weighted by Crippen LogP contribution is 2.53. The Hall–Kier alpha value is -1.87. The van der Waals surface area contributed by atoms with Gasteiger partial charge < -0.3 is 4.74 Å². The minimum atomic E-state index is -6.38. The lowest BCUT2D eigenvalue weighted by atomic mass is 9.77. The zero-order valence-corrected chi connectivity index (χ0v) is 16.9. The molecule has 0 aromatic heterocycles. The molecule has 0 spiro atoms. The molecule has 1 aliphatic rings. The van der Waals surface area contributed by atoms with Crippen LogP contribution in [0.1, 0.15) is 57.4 Å². The first-order chi connectivity index (χ1) is 14.3. The molecule has 0 atom stereocenters. The maximum atomic E-state index is 14.2. The second-order valence-corrected chi connectivity index (χ2v) is 7.89. The number of alkyl halides is 7. The van der Waals surface area contributed by atoms with E-state index in [9.17, 15) is 39.9 Å².